The van der Waals surface area contributed by atoms with E-state index in [2.05, 4.69) is 20.8 Å². The molecule has 0 spiro atoms. The SMILES string of the molecule is C[C@H]1C[C@H]2N(C)C(=O)CC[C@]2(C)[C@H]2CC[C@]3(C)[C@@H](C(=O)O)CC[C@H]3[C@H]12. The van der Waals surface area contributed by atoms with E-state index in [0.717, 1.165) is 38.5 Å². The molecule has 1 heterocycles. The van der Waals surface area contributed by atoms with E-state index in [0.29, 0.717) is 42.0 Å². The van der Waals surface area contributed by atoms with E-state index in [-0.39, 0.29) is 16.7 Å². The molecule has 0 unspecified atom stereocenters. The van der Waals surface area contributed by atoms with Crippen LogP contribution in [0.5, 0.6) is 0 Å². The van der Waals surface area contributed by atoms with Gasteiger partial charge in [0.2, 0.25) is 5.91 Å². The van der Waals surface area contributed by atoms with Gasteiger partial charge in [-0.2, -0.15) is 0 Å². The minimum Gasteiger partial charge on any atom is -0.481 e. The Bertz CT molecular complexity index is 604. The van der Waals surface area contributed by atoms with Crippen LogP contribution >= 0.6 is 0 Å². The minimum absolute atomic E-state index is 0.0269. The molecule has 4 rings (SSSR count). The Morgan fingerprint density at radius 2 is 1.80 bits per heavy atom. The lowest BCUT2D eigenvalue weighted by Crippen LogP contribution is -2.63. The van der Waals surface area contributed by atoms with Gasteiger partial charge in [0.25, 0.3) is 0 Å². The van der Waals surface area contributed by atoms with Crippen molar-refractivity contribution in [3.63, 3.8) is 0 Å². The fourth-order valence-electron chi connectivity index (χ4n) is 7.87. The number of rotatable bonds is 1. The zero-order valence-electron chi connectivity index (χ0n) is 16.1. The summed E-state index contributed by atoms with van der Waals surface area (Å²) in [7, 11) is 2.00. The quantitative estimate of drug-likeness (QED) is 0.785. The molecule has 0 aromatic heterocycles. The van der Waals surface area contributed by atoms with Crippen LogP contribution in [0.1, 0.15) is 65.7 Å². The number of carboxylic acids is 1. The molecule has 0 bridgehead atoms. The van der Waals surface area contributed by atoms with Gasteiger partial charge in [0.15, 0.2) is 0 Å². The number of carbonyl (C=O) groups is 2. The Hall–Kier alpha value is -1.06. The predicted octanol–water partition coefficient (Wildman–Crippen LogP) is 3.80. The van der Waals surface area contributed by atoms with Crippen LogP contribution in [0, 0.1) is 40.4 Å². The van der Waals surface area contributed by atoms with Gasteiger partial charge >= 0.3 is 5.97 Å². The third-order valence-electron chi connectivity index (χ3n) is 9.23. The molecule has 0 radical (unpaired) electrons. The molecule has 0 aromatic rings. The summed E-state index contributed by atoms with van der Waals surface area (Å²) in [5.74, 6) is 1.95. The number of carbonyl (C=O) groups excluding carboxylic acids is 1. The van der Waals surface area contributed by atoms with Crippen molar-refractivity contribution in [2.45, 2.75) is 71.8 Å². The Morgan fingerprint density at radius 1 is 1.12 bits per heavy atom. The van der Waals surface area contributed by atoms with Crippen molar-refractivity contribution < 1.29 is 14.7 Å². The molecule has 1 saturated heterocycles. The van der Waals surface area contributed by atoms with Crippen LogP contribution in [0.2, 0.25) is 0 Å². The van der Waals surface area contributed by atoms with Crippen molar-refractivity contribution in [3.05, 3.63) is 0 Å². The highest BCUT2D eigenvalue weighted by atomic mass is 16.4. The van der Waals surface area contributed by atoms with Crippen molar-refractivity contribution >= 4 is 11.9 Å². The van der Waals surface area contributed by atoms with Crippen LogP contribution in [0.3, 0.4) is 0 Å². The van der Waals surface area contributed by atoms with Crippen molar-refractivity contribution in [2.75, 3.05) is 7.05 Å². The maximum Gasteiger partial charge on any atom is 0.307 e. The molecule has 4 heteroatoms. The Kier molecular flexibility index (Phi) is 3.80. The van der Waals surface area contributed by atoms with Crippen LogP contribution in [-0.2, 0) is 9.59 Å². The van der Waals surface area contributed by atoms with Gasteiger partial charge < -0.3 is 10.0 Å². The first-order valence-corrected chi connectivity index (χ1v) is 10.2. The number of carboxylic acid groups (broad SMARTS) is 1. The van der Waals surface area contributed by atoms with Gasteiger partial charge in [0, 0.05) is 19.5 Å². The fourth-order valence-corrected chi connectivity index (χ4v) is 7.87. The molecule has 1 amide bonds. The molecular weight excluding hydrogens is 314 g/mol. The molecule has 4 fully saturated rings. The highest BCUT2D eigenvalue weighted by Gasteiger charge is 2.63. The van der Waals surface area contributed by atoms with Crippen molar-refractivity contribution in [3.8, 4) is 0 Å². The molecule has 0 aromatic carbocycles. The van der Waals surface area contributed by atoms with Gasteiger partial charge in [0.1, 0.15) is 0 Å². The summed E-state index contributed by atoms with van der Waals surface area (Å²) in [5, 5.41) is 9.74. The molecule has 1 N–H and O–H groups in total. The van der Waals surface area contributed by atoms with Crippen LogP contribution in [0.4, 0.5) is 0 Å². The molecule has 25 heavy (non-hydrogen) atoms. The van der Waals surface area contributed by atoms with E-state index in [1.54, 1.807) is 0 Å². The van der Waals surface area contributed by atoms with E-state index in [4.69, 9.17) is 0 Å². The molecule has 3 saturated carbocycles. The zero-order chi connectivity index (χ0) is 18.1. The highest BCUT2D eigenvalue weighted by Crippen LogP contribution is 2.67. The molecule has 3 aliphatic carbocycles. The van der Waals surface area contributed by atoms with Gasteiger partial charge in [-0.25, -0.2) is 0 Å². The zero-order valence-corrected chi connectivity index (χ0v) is 16.1. The highest BCUT2D eigenvalue weighted by molar-refractivity contribution is 5.77. The van der Waals surface area contributed by atoms with Crippen LogP contribution in [0.25, 0.3) is 0 Å². The Labute approximate surface area is 151 Å². The molecule has 4 aliphatic rings. The molecular formula is C21H33NO3. The number of fused-ring (bicyclic) bond motifs is 5. The van der Waals surface area contributed by atoms with Gasteiger partial charge in [-0.3, -0.25) is 9.59 Å². The first-order chi connectivity index (χ1) is 11.7. The number of hydrogen-bond acceptors (Lipinski definition) is 2. The average molecular weight is 347 g/mol. The average Bonchev–Trinajstić information content (AvgIpc) is 2.91. The lowest BCUT2D eigenvalue weighted by Gasteiger charge is -2.63. The third kappa shape index (κ3) is 2.18. The van der Waals surface area contributed by atoms with E-state index in [1.807, 2.05) is 11.9 Å². The number of likely N-dealkylation sites (tertiary alicyclic amines) is 1. The van der Waals surface area contributed by atoms with E-state index in [9.17, 15) is 14.7 Å². The van der Waals surface area contributed by atoms with Crippen LogP contribution in [0.15, 0.2) is 0 Å². The Morgan fingerprint density at radius 3 is 2.48 bits per heavy atom. The number of hydrogen-bond donors (Lipinski definition) is 1. The summed E-state index contributed by atoms with van der Waals surface area (Å²) < 4.78 is 0. The van der Waals surface area contributed by atoms with Crippen LogP contribution in [-0.4, -0.2) is 35.0 Å². The van der Waals surface area contributed by atoms with Crippen molar-refractivity contribution in [1.82, 2.24) is 4.90 Å². The standard InChI is InChI=1S/C21H33NO3/c1-12-11-16-21(3,10-8-17(23)22(16)4)14-7-9-20(2)13(18(12)14)5-6-15(20)19(24)25/h12-16,18H,5-11H2,1-4H3,(H,24,25)/t12-,13-,14-,15+,16+,18-,20-,21+/m0/s1. The lowest BCUT2D eigenvalue weighted by atomic mass is 9.44. The lowest BCUT2D eigenvalue weighted by molar-refractivity contribution is -0.170. The molecule has 140 valence electrons. The molecule has 4 nitrogen and oxygen atoms in total. The number of aliphatic carboxylic acids is 1. The maximum atomic E-state index is 12.3. The number of amides is 1. The summed E-state index contributed by atoms with van der Waals surface area (Å²) in [4.78, 5) is 26.1. The topological polar surface area (TPSA) is 57.6 Å². The predicted molar refractivity (Wildman–Crippen MR) is 95.9 cm³/mol. The van der Waals surface area contributed by atoms with Gasteiger partial charge in [0.05, 0.1) is 5.92 Å². The fraction of sp³-hybridized carbons (Fsp3) is 0.905. The van der Waals surface area contributed by atoms with Gasteiger partial charge in [-0.1, -0.05) is 20.8 Å². The summed E-state index contributed by atoms with van der Waals surface area (Å²) >= 11 is 0. The third-order valence-corrected chi connectivity index (χ3v) is 9.23. The van der Waals surface area contributed by atoms with Crippen molar-refractivity contribution in [2.24, 2.45) is 40.4 Å². The van der Waals surface area contributed by atoms with Gasteiger partial charge in [-0.15, -0.1) is 0 Å². The molecule has 1 aliphatic heterocycles. The number of nitrogens with zero attached hydrogens (tertiary/aromatic N) is 1. The molecule has 8 atom stereocenters. The number of piperidine rings is 1. The summed E-state index contributed by atoms with van der Waals surface area (Å²) in [6.07, 6.45) is 6.90. The van der Waals surface area contributed by atoms with Crippen molar-refractivity contribution in [1.29, 1.82) is 0 Å². The summed E-state index contributed by atoms with van der Waals surface area (Å²) in [6, 6.07) is 0.367. The van der Waals surface area contributed by atoms with E-state index < -0.39 is 5.97 Å². The summed E-state index contributed by atoms with van der Waals surface area (Å²) in [6.45, 7) is 7.05. The largest absolute Gasteiger partial charge is 0.481 e. The maximum absolute atomic E-state index is 12.3. The van der Waals surface area contributed by atoms with Gasteiger partial charge in [-0.05, 0) is 73.0 Å². The van der Waals surface area contributed by atoms with Crippen LogP contribution < -0.4 is 0 Å². The minimum atomic E-state index is -0.584. The first kappa shape index (κ1) is 17.4. The second-order valence-corrected chi connectivity index (χ2v) is 10.0. The smallest absolute Gasteiger partial charge is 0.307 e. The second-order valence-electron chi connectivity index (χ2n) is 10.0. The normalized spacial score (nSPS) is 52.3. The second kappa shape index (κ2) is 5.47. The van der Waals surface area contributed by atoms with E-state index in [1.165, 1.54) is 0 Å². The summed E-state index contributed by atoms with van der Waals surface area (Å²) in [5.41, 5.74) is 0.184. The monoisotopic (exact) mass is 347 g/mol. The van der Waals surface area contributed by atoms with E-state index >= 15 is 0 Å². The first-order valence-electron chi connectivity index (χ1n) is 10.2. The Balaban J connectivity index is 1.69.